The monoisotopic (exact) mass is 582 g/mol. The van der Waals surface area contributed by atoms with Gasteiger partial charge in [0.2, 0.25) is 0 Å². The average molecular weight is 583 g/mol. The molecule has 0 spiro atoms. The molecular weight excluding hydrogens is 545 g/mol. The normalized spacial score (nSPS) is 18.8. The van der Waals surface area contributed by atoms with Gasteiger partial charge in [0, 0.05) is 24.7 Å². The Morgan fingerprint density at radius 1 is 0.558 bits per heavy atom. The zero-order valence-electron chi connectivity index (χ0n) is 24.7. The number of allylic oxidation sites excluding steroid dienone is 2. The van der Waals surface area contributed by atoms with Crippen molar-refractivity contribution in [3.05, 3.63) is 170 Å². The Morgan fingerprint density at radius 2 is 1.00 bits per heavy atom. The largest absolute Gasteiger partial charge is 0.312 e. The molecule has 0 aromatic heterocycles. The standard InChI is InChI=1S/C38H38N4S/c1-39(32-20-8-3-9-21-32)43(2,40(33-22-10-4-11-23-33)34-24-12-5-13-25-34)41(35-26-14-6-15-27-35)37-30-18-19-31-38(37)42(43)36-28-16-7-17-29-36/h3-24,26-31,34,43H,25H2,1-2H3. The molecular formula is C38H38N4S. The summed E-state index contributed by atoms with van der Waals surface area (Å²) in [6.45, 7) is 0. The molecule has 5 heteroatoms. The van der Waals surface area contributed by atoms with Gasteiger partial charge in [-0.2, -0.15) is 0 Å². The molecule has 0 radical (unpaired) electrons. The van der Waals surface area contributed by atoms with Crippen LogP contribution in [-0.4, -0.2) is 19.3 Å². The van der Waals surface area contributed by atoms with E-state index < -0.39 is 9.91 Å². The Bertz CT molecular complexity index is 1690. The van der Waals surface area contributed by atoms with Crippen LogP contribution in [0.3, 0.4) is 0 Å². The van der Waals surface area contributed by atoms with Crippen molar-refractivity contribution in [2.24, 2.45) is 0 Å². The highest BCUT2D eigenvalue weighted by molar-refractivity contribution is 8.53. The predicted octanol–water partition coefficient (Wildman–Crippen LogP) is 9.87. The second kappa shape index (κ2) is 10.8. The zero-order chi connectivity index (χ0) is 29.3. The zero-order valence-corrected chi connectivity index (χ0v) is 25.6. The highest BCUT2D eigenvalue weighted by Crippen LogP contribution is 2.86. The lowest BCUT2D eigenvalue weighted by atomic mass is 10.1. The van der Waals surface area contributed by atoms with E-state index in [-0.39, 0.29) is 6.04 Å². The van der Waals surface area contributed by atoms with Crippen molar-refractivity contribution < 1.29 is 0 Å². The Hall–Kier alpha value is -4.87. The molecule has 0 saturated heterocycles. The summed E-state index contributed by atoms with van der Waals surface area (Å²) < 4.78 is 10.7. The van der Waals surface area contributed by atoms with Gasteiger partial charge in [0.05, 0.1) is 28.8 Å². The van der Waals surface area contributed by atoms with E-state index in [1.807, 2.05) is 0 Å². The summed E-state index contributed by atoms with van der Waals surface area (Å²) in [6, 6.07) is 52.8. The van der Waals surface area contributed by atoms with Crippen LogP contribution in [0.5, 0.6) is 0 Å². The highest BCUT2D eigenvalue weighted by atomic mass is 32.3. The smallest absolute Gasteiger partial charge is 0.0783 e. The van der Waals surface area contributed by atoms with E-state index >= 15 is 0 Å². The summed E-state index contributed by atoms with van der Waals surface area (Å²) in [5.41, 5.74) is 7.05. The number of para-hydroxylation sites is 6. The number of thiol groups is 1. The molecule has 7 rings (SSSR count). The SMILES string of the molecule is CN(c1ccccc1)[SH]1(C)(N(c2ccccc2)C2C=CC=CC2)N(c2ccccc2)c2ccccc2N1c1ccccc1. The summed E-state index contributed by atoms with van der Waals surface area (Å²) in [7, 11) is -1.49. The number of hydrogen-bond acceptors (Lipinski definition) is 4. The first kappa shape index (κ1) is 27.0. The summed E-state index contributed by atoms with van der Waals surface area (Å²) in [5, 5.41) is 0. The lowest BCUT2D eigenvalue weighted by Crippen LogP contribution is -2.63. The highest BCUT2D eigenvalue weighted by Gasteiger charge is 2.61. The second-order valence-electron chi connectivity index (χ2n) is 11.3. The number of benzene rings is 5. The number of rotatable bonds is 7. The van der Waals surface area contributed by atoms with Gasteiger partial charge in [-0.15, -0.1) is 0 Å². The van der Waals surface area contributed by atoms with Crippen LogP contribution in [0.25, 0.3) is 0 Å². The van der Waals surface area contributed by atoms with Crippen molar-refractivity contribution in [1.29, 1.82) is 0 Å². The van der Waals surface area contributed by atoms with Gasteiger partial charge in [-0.1, -0.05) is 119 Å². The number of anilines is 6. The van der Waals surface area contributed by atoms with Crippen molar-refractivity contribution in [2.45, 2.75) is 12.5 Å². The molecule has 1 aliphatic heterocycles. The number of hydrogen-bond donors (Lipinski definition) is 1. The molecule has 5 aromatic carbocycles. The molecule has 216 valence electrons. The van der Waals surface area contributed by atoms with Crippen LogP contribution in [0, 0.1) is 0 Å². The van der Waals surface area contributed by atoms with Gasteiger partial charge in [-0.25, -0.2) is 0 Å². The summed E-state index contributed by atoms with van der Waals surface area (Å²) >= 11 is 0. The van der Waals surface area contributed by atoms with E-state index in [0.717, 1.165) is 23.5 Å². The van der Waals surface area contributed by atoms with Crippen LogP contribution >= 0.6 is 9.91 Å². The van der Waals surface area contributed by atoms with E-state index in [1.54, 1.807) is 0 Å². The minimum atomic E-state index is -3.78. The first-order valence-corrected chi connectivity index (χ1v) is 17.4. The Labute approximate surface area is 256 Å². The van der Waals surface area contributed by atoms with Gasteiger partial charge in [0.15, 0.2) is 0 Å². The van der Waals surface area contributed by atoms with E-state index in [0.29, 0.717) is 0 Å². The van der Waals surface area contributed by atoms with Crippen LogP contribution in [0.4, 0.5) is 34.1 Å². The van der Waals surface area contributed by atoms with Crippen molar-refractivity contribution in [2.75, 3.05) is 30.5 Å². The van der Waals surface area contributed by atoms with E-state index in [4.69, 9.17) is 0 Å². The van der Waals surface area contributed by atoms with E-state index in [9.17, 15) is 0 Å². The molecule has 0 bridgehead atoms. The third-order valence-electron chi connectivity index (χ3n) is 8.91. The molecule has 1 atom stereocenters. The maximum absolute atomic E-state index is 3.78. The third-order valence-corrected chi connectivity index (χ3v) is 14.8. The van der Waals surface area contributed by atoms with E-state index in [2.05, 4.69) is 200 Å². The fourth-order valence-electron chi connectivity index (χ4n) is 7.03. The molecule has 1 unspecified atom stereocenters. The third kappa shape index (κ3) is 4.07. The van der Waals surface area contributed by atoms with Crippen molar-refractivity contribution in [3.63, 3.8) is 0 Å². The van der Waals surface area contributed by atoms with Gasteiger partial charge in [-0.05, 0) is 67.1 Å². The first-order chi connectivity index (χ1) is 21.1. The molecule has 5 aromatic rings. The number of fused-ring (bicyclic) bond motifs is 1. The molecule has 2 aliphatic rings. The average Bonchev–Trinajstić information content (AvgIpc) is 3.33. The quantitative estimate of drug-likeness (QED) is 0.192. The Kier molecular flexibility index (Phi) is 6.75. The van der Waals surface area contributed by atoms with Crippen molar-refractivity contribution in [1.82, 2.24) is 0 Å². The molecule has 1 heterocycles. The van der Waals surface area contributed by atoms with E-state index in [1.165, 1.54) is 17.1 Å². The molecule has 1 aliphatic carbocycles. The summed E-state index contributed by atoms with van der Waals surface area (Å²) in [5.74, 6) is 0. The van der Waals surface area contributed by atoms with Gasteiger partial charge in [0.25, 0.3) is 0 Å². The fraction of sp³-hybridized carbons (Fsp3) is 0.105. The molecule has 0 amide bonds. The predicted molar refractivity (Wildman–Crippen MR) is 189 cm³/mol. The number of nitrogens with zero attached hydrogens (tertiary/aromatic N) is 4. The summed E-state index contributed by atoms with van der Waals surface area (Å²) in [4.78, 5) is 0. The Morgan fingerprint density at radius 3 is 1.47 bits per heavy atom. The van der Waals surface area contributed by atoms with Crippen LogP contribution in [0.15, 0.2) is 170 Å². The Balaban J connectivity index is 1.68. The molecule has 0 fully saturated rings. The van der Waals surface area contributed by atoms with Gasteiger partial charge in [0.1, 0.15) is 0 Å². The van der Waals surface area contributed by atoms with Crippen LogP contribution in [-0.2, 0) is 0 Å². The van der Waals surface area contributed by atoms with Crippen LogP contribution in [0.2, 0.25) is 0 Å². The maximum Gasteiger partial charge on any atom is 0.0783 e. The molecule has 4 nitrogen and oxygen atoms in total. The topological polar surface area (TPSA) is 13.0 Å². The molecule has 0 saturated carbocycles. The van der Waals surface area contributed by atoms with Crippen molar-refractivity contribution in [3.8, 4) is 0 Å². The van der Waals surface area contributed by atoms with Gasteiger partial charge < -0.3 is 8.61 Å². The lowest BCUT2D eigenvalue weighted by molar-refractivity contribution is 0.810. The molecule has 43 heavy (non-hydrogen) atoms. The minimum absolute atomic E-state index is 0.105. The van der Waals surface area contributed by atoms with Crippen LogP contribution in [0.1, 0.15) is 6.42 Å². The van der Waals surface area contributed by atoms with Crippen LogP contribution < -0.4 is 17.2 Å². The first-order valence-electron chi connectivity index (χ1n) is 14.9. The lowest BCUT2D eigenvalue weighted by Gasteiger charge is -2.78. The minimum Gasteiger partial charge on any atom is -0.312 e. The second-order valence-corrected chi connectivity index (χ2v) is 15.8. The maximum atomic E-state index is 2.75. The summed E-state index contributed by atoms with van der Waals surface area (Å²) in [6.07, 6.45) is 12.5. The van der Waals surface area contributed by atoms with Gasteiger partial charge in [-0.3, -0.25) is 8.61 Å². The van der Waals surface area contributed by atoms with Crippen molar-refractivity contribution >= 4 is 44.0 Å². The molecule has 0 N–H and O–H groups in total. The fourth-order valence-corrected chi connectivity index (χ4v) is 13.3. The van der Waals surface area contributed by atoms with Gasteiger partial charge >= 0.3 is 0 Å².